The van der Waals surface area contributed by atoms with Gasteiger partial charge in [0.25, 0.3) is 11.8 Å². The summed E-state index contributed by atoms with van der Waals surface area (Å²) in [5.41, 5.74) is 4.75. The highest BCUT2D eigenvalue weighted by Crippen LogP contribution is 2.55. The predicted molar refractivity (Wildman–Crippen MR) is 128 cm³/mol. The maximum Gasteiger partial charge on any atom is 0.259 e. The van der Waals surface area contributed by atoms with Gasteiger partial charge in [0.2, 0.25) is 0 Å². The Morgan fingerprint density at radius 3 is 2.14 bits per heavy atom. The number of hydrogen-bond acceptors (Lipinski definition) is 5. The average Bonchev–Trinajstić information content (AvgIpc) is 3.57. The summed E-state index contributed by atoms with van der Waals surface area (Å²) in [6.07, 6.45) is -0.923. The van der Waals surface area contributed by atoms with Crippen LogP contribution in [-0.4, -0.2) is 53.0 Å². The van der Waals surface area contributed by atoms with E-state index in [2.05, 4.69) is 26.6 Å². The molecule has 3 aromatic carbocycles. The second-order valence-electron chi connectivity index (χ2n) is 9.81. The first-order valence-corrected chi connectivity index (χ1v) is 11.9. The molecule has 0 spiro atoms. The number of carbonyl (C=O) groups is 2. The van der Waals surface area contributed by atoms with Crippen LogP contribution >= 0.6 is 0 Å². The third kappa shape index (κ3) is 1.89. The fourth-order valence-corrected chi connectivity index (χ4v) is 7.22. The first-order chi connectivity index (χ1) is 17.2. The van der Waals surface area contributed by atoms with E-state index >= 15 is 0 Å². The number of amides is 2. The largest absolute Gasteiger partial charge is 0.376 e. The molecule has 35 heavy (non-hydrogen) atoms. The van der Waals surface area contributed by atoms with Crippen LogP contribution in [0.2, 0.25) is 0 Å². The van der Waals surface area contributed by atoms with Gasteiger partial charge in [-0.3, -0.25) is 14.9 Å². The standard InChI is InChI=1S/C27H19N3O5/c1-33-23-15-10-34-24(23)22-27(35-15)30-14-9-5-3-7-12(14)17-19-18(25(31)28-26(19)32)16-11-6-2-4-8-13(11)29(22)20(16)21(17)30/h2-9,15,22-24,27H,10H2,1H3,(H,28,31,32)/t15-,22+,23-,24-,27-/m1/s1. The van der Waals surface area contributed by atoms with Gasteiger partial charge in [0, 0.05) is 34.2 Å². The SMILES string of the molecule is CO[C@H]1[C@@H]2OC[C@H]1O[C@@H]1[C@H]2n2c3ccccc3c3c4c(c5c6ccccc6n1c5c32)C(=O)NC4=O. The number of nitrogens with one attached hydrogen (secondary N) is 1. The number of para-hydroxylation sites is 2. The number of benzene rings is 3. The quantitative estimate of drug-likeness (QED) is 0.382. The monoisotopic (exact) mass is 465 g/mol. The summed E-state index contributed by atoms with van der Waals surface area (Å²) in [5.74, 6) is -0.693. The Morgan fingerprint density at radius 1 is 0.886 bits per heavy atom. The van der Waals surface area contributed by atoms with Crippen molar-refractivity contribution in [1.29, 1.82) is 0 Å². The summed E-state index contributed by atoms with van der Waals surface area (Å²) in [6.45, 7) is 0.467. The van der Waals surface area contributed by atoms with Gasteiger partial charge in [0.15, 0.2) is 6.23 Å². The van der Waals surface area contributed by atoms with Gasteiger partial charge in [-0.25, -0.2) is 0 Å². The third-order valence-electron chi connectivity index (χ3n) is 8.39. The zero-order valence-electron chi connectivity index (χ0n) is 18.6. The highest BCUT2D eigenvalue weighted by Gasteiger charge is 2.56. The molecule has 2 saturated heterocycles. The molecule has 0 aliphatic carbocycles. The van der Waals surface area contributed by atoms with E-state index in [9.17, 15) is 9.59 Å². The van der Waals surface area contributed by atoms with Crippen LogP contribution in [0.25, 0.3) is 43.6 Å². The molecule has 4 aliphatic rings. The fraction of sp³-hybridized carbons (Fsp3) is 0.259. The molecule has 5 atom stereocenters. The predicted octanol–water partition coefficient (Wildman–Crippen LogP) is 3.65. The molecule has 9 rings (SSSR count). The van der Waals surface area contributed by atoms with Gasteiger partial charge in [-0.05, 0) is 12.1 Å². The van der Waals surface area contributed by atoms with Gasteiger partial charge in [-0.2, -0.15) is 0 Å². The Bertz CT molecular complexity index is 1830. The van der Waals surface area contributed by atoms with E-state index < -0.39 is 0 Å². The van der Waals surface area contributed by atoms with Gasteiger partial charge in [0.05, 0.1) is 34.3 Å². The molecule has 5 aromatic rings. The van der Waals surface area contributed by atoms with Crippen LogP contribution in [0, 0.1) is 0 Å². The Labute approximate surface area is 197 Å². The molecular weight excluding hydrogens is 446 g/mol. The van der Waals surface area contributed by atoms with Crippen molar-refractivity contribution in [3.05, 3.63) is 59.7 Å². The smallest absolute Gasteiger partial charge is 0.259 e. The van der Waals surface area contributed by atoms with Gasteiger partial charge >= 0.3 is 0 Å². The summed E-state index contributed by atoms with van der Waals surface area (Å²) in [5, 5.41) is 6.06. The number of hydrogen-bond donors (Lipinski definition) is 1. The summed E-state index contributed by atoms with van der Waals surface area (Å²) >= 11 is 0. The number of ether oxygens (including phenoxy) is 3. The Kier molecular flexibility index (Phi) is 3.14. The first-order valence-electron chi connectivity index (χ1n) is 11.9. The fourth-order valence-electron chi connectivity index (χ4n) is 7.22. The molecule has 8 nitrogen and oxygen atoms in total. The number of aromatic nitrogens is 2. The zero-order chi connectivity index (χ0) is 23.2. The number of rotatable bonds is 1. The highest BCUT2D eigenvalue weighted by molar-refractivity contribution is 6.39. The second kappa shape index (κ2) is 5.91. The molecule has 0 radical (unpaired) electrons. The molecule has 1 N–H and O–H groups in total. The number of carbonyl (C=O) groups excluding carboxylic acids is 2. The minimum Gasteiger partial charge on any atom is -0.376 e. The van der Waals surface area contributed by atoms with E-state index in [0.29, 0.717) is 17.7 Å². The van der Waals surface area contributed by atoms with Crippen LogP contribution in [-0.2, 0) is 14.2 Å². The maximum atomic E-state index is 13.2. The van der Waals surface area contributed by atoms with Gasteiger partial charge in [-0.1, -0.05) is 36.4 Å². The van der Waals surface area contributed by atoms with Crippen molar-refractivity contribution in [2.45, 2.75) is 30.6 Å². The number of fused-ring (bicyclic) bond motifs is 15. The normalized spacial score (nSPS) is 28.5. The zero-order valence-corrected chi connectivity index (χ0v) is 18.6. The molecule has 2 aromatic heterocycles. The number of methoxy groups -OCH3 is 1. The van der Waals surface area contributed by atoms with E-state index in [1.165, 1.54) is 0 Å². The Morgan fingerprint density at radius 2 is 1.49 bits per heavy atom. The summed E-state index contributed by atoms with van der Waals surface area (Å²) in [7, 11) is 1.70. The van der Waals surface area contributed by atoms with Crippen molar-refractivity contribution < 1.29 is 23.8 Å². The molecule has 4 aliphatic heterocycles. The lowest BCUT2D eigenvalue weighted by atomic mass is 9.94. The topological polar surface area (TPSA) is 83.7 Å². The van der Waals surface area contributed by atoms with Crippen LogP contribution in [0.3, 0.4) is 0 Å². The molecule has 172 valence electrons. The third-order valence-corrected chi connectivity index (χ3v) is 8.39. The number of nitrogens with zero attached hydrogens (tertiary/aromatic N) is 2. The van der Waals surface area contributed by atoms with Crippen molar-refractivity contribution in [3.63, 3.8) is 0 Å². The van der Waals surface area contributed by atoms with Crippen LogP contribution < -0.4 is 5.32 Å². The Hall–Kier alpha value is -3.72. The molecule has 0 saturated carbocycles. The molecule has 0 unspecified atom stereocenters. The van der Waals surface area contributed by atoms with Crippen LogP contribution in [0.5, 0.6) is 0 Å². The van der Waals surface area contributed by atoms with Crippen molar-refractivity contribution in [1.82, 2.24) is 14.5 Å². The van der Waals surface area contributed by atoms with Gasteiger partial charge < -0.3 is 23.3 Å². The van der Waals surface area contributed by atoms with E-state index in [1.807, 2.05) is 36.4 Å². The molecule has 2 fully saturated rings. The summed E-state index contributed by atoms with van der Waals surface area (Å²) in [4.78, 5) is 26.4. The van der Waals surface area contributed by atoms with Crippen LogP contribution in [0.1, 0.15) is 33.0 Å². The minimum absolute atomic E-state index is 0.180. The van der Waals surface area contributed by atoms with E-state index in [4.69, 9.17) is 14.2 Å². The average molecular weight is 465 g/mol. The van der Waals surface area contributed by atoms with Crippen LogP contribution in [0.15, 0.2) is 48.5 Å². The van der Waals surface area contributed by atoms with Crippen molar-refractivity contribution in [2.75, 3.05) is 13.7 Å². The molecular formula is C27H19N3O5. The molecule has 6 heterocycles. The number of imide groups is 1. The lowest BCUT2D eigenvalue weighted by molar-refractivity contribution is -0.168. The first kappa shape index (κ1) is 18.6. The van der Waals surface area contributed by atoms with E-state index in [1.54, 1.807) is 7.11 Å². The summed E-state index contributed by atoms with van der Waals surface area (Å²) in [6, 6.07) is 15.9. The lowest BCUT2D eigenvalue weighted by Gasteiger charge is -2.44. The van der Waals surface area contributed by atoms with Crippen molar-refractivity contribution >= 4 is 55.4 Å². The van der Waals surface area contributed by atoms with E-state index in [0.717, 1.165) is 43.6 Å². The van der Waals surface area contributed by atoms with Crippen LogP contribution in [0.4, 0.5) is 0 Å². The Balaban J connectivity index is 1.60. The van der Waals surface area contributed by atoms with Crippen molar-refractivity contribution in [2.24, 2.45) is 0 Å². The second-order valence-corrected chi connectivity index (χ2v) is 9.81. The summed E-state index contributed by atoms with van der Waals surface area (Å²) < 4.78 is 23.4. The lowest BCUT2D eigenvalue weighted by Crippen LogP contribution is -2.50. The van der Waals surface area contributed by atoms with Crippen molar-refractivity contribution in [3.8, 4) is 0 Å². The highest BCUT2D eigenvalue weighted by atomic mass is 16.6. The molecule has 2 amide bonds. The van der Waals surface area contributed by atoms with E-state index in [-0.39, 0.29) is 42.4 Å². The minimum atomic E-state index is -0.347. The molecule has 8 heteroatoms. The van der Waals surface area contributed by atoms with Gasteiger partial charge in [0.1, 0.15) is 24.4 Å². The molecule has 2 bridgehead atoms. The maximum absolute atomic E-state index is 13.2. The van der Waals surface area contributed by atoms with Gasteiger partial charge in [-0.15, -0.1) is 0 Å².